The maximum atomic E-state index is 12.9. The van der Waals surface area contributed by atoms with Gasteiger partial charge in [0.25, 0.3) is 0 Å². The summed E-state index contributed by atoms with van der Waals surface area (Å²) in [4.78, 5) is -0.384. The van der Waals surface area contributed by atoms with Gasteiger partial charge in [-0.2, -0.15) is 23.4 Å². The lowest BCUT2D eigenvalue weighted by Gasteiger charge is -2.06. The minimum atomic E-state index is -4.67. The maximum absolute atomic E-state index is 12.9. The van der Waals surface area contributed by atoms with E-state index in [2.05, 4.69) is 26.1 Å². The molecule has 0 radical (unpaired) electrons. The van der Waals surface area contributed by atoms with Crippen molar-refractivity contribution in [2.24, 2.45) is 7.05 Å². The summed E-state index contributed by atoms with van der Waals surface area (Å²) in [7, 11) is -0.505. The van der Waals surface area contributed by atoms with E-state index >= 15 is 0 Å². The van der Waals surface area contributed by atoms with Crippen LogP contribution in [-0.4, -0.2) is 30.0 Å². The fraction of sp³-hybridized carbons (Fsp3) is 0.333. The first-order valence-electron chi connectivity index (χ1n) is 4.90. The summed E-state index contributed by atoms with van der Waals surface area (Å²) in [5.41, 5.74) is -1.16. The molecule has 0 aliphatic heterocycles. The molecule has 19 heavy (non-hydrogen) atoms. The monoisotopic (exact) mass is 356 g/mol. The Balaban J connectivity index is 2.74. The average Bonchev–Trinajstić information content (AvgIpc) is 2.80. The number of nitrogens with zero attached hydrogens (tertiary/aromatic N) is 4. The Labute approximate surface area is 117 Å². The van der Waals surface area contributed by atoms with Crippen molar-refractivity contribution in [3.05, 3.63) is 22.6 Å². The molecule has 0 aliphatic carbocycles. The third-order valence-electron chi connectivity index (χ3n) is 2.30. The van der Waals surface area contributed by atoms with E-state index in [0.717, 1.165) is 4.68 Å². The Morgan fingerprint density at radius 2 is 2.05 bits per heavy atom. The van der Waals surface area contributed by atoms with Gasteiger partial charge >= 0.3 is 6.18 Å². The molecular formula is C9H8BrF3N4OS. The van der Waals surface area contributed by atoms with E-state index < -0.39 is 22.7 Å². The lowest BCUT2D eigenvalue weighted by molar-refractivity contribution is -0.143. The van der Waals surface area contributed by atoms with E-state index in [1.165, 1.54) is 30.4 Å². The normalized spacial score (nSPS) is 13.8. The summed E-state index contributed by atoms with van der Waals surface area (Å²) in [5, 5.41) is 7.30. The molecule has 104 valence electrons. The number of hydrogen-bond acceptors (Lipinski definition) is 3. The van der Waals surface area contributed by atoms with Gasteiger partial charge in [-0.25, -0.2) is 9.36 Å². The van der Waals surface area contributed by atoms with E-state index in [1.54, 1.807) is 0 Å². The van der Waals surface area contributed by atoms with E-state index in [0.29, 0.717) is 4.47 Å². The van der Waals surface area contributed by atoms with E-state index in [9.17, 15) is 17.4 Å². The number of aromatic nitrogens is 4. The van der Waals surface area contributed by atoms with Crippen molar-refractivity contribution in [2.45, 2.75) is 11.1 Å². The second kappa shape index (κ2) is 4.75. The van der Waals surface area contributed by atoms with Gasteiger partial charge in [-0.05, 0) is 15.9 Å². The average molecular weight is 357 g/mol. The Hall–Kier alpha value is -1.16. The summed E-state index contributed by atoms with van der Waals surface area (Å²) < 4.78 is 53.1. The van der Waals surface area contributed by atoms with Crippen LogP contribution in [0.1, 0.15) is 5.69 Å². The van der Waals surface area contributed by atoms with Gasteiger partial charge in [0.15, 0.2) is 11.5 Å². The first-order chi connectivity index (χ1) is 8.71. The van der Waals surface area contributed by atoms with Crippen LogP contribution in [0.2, 0.25) is 0 Å². The number of alkyl halides is 3. The molecule has 2 rings (SSSR count). The van der Waals surface area contributed by atoms with Crippen LogP contribution in [0.25, 0.3) is 5.82 Å². The van der Waals surface area contributed by atoms with Gasteiger partial charge in [0, 0.05) is 19.5 Å². The van der Waals surface area contributed by atoms with Gasteiger partial charge < -0.3 is 0 Å². The quantitative estimate of drug-likeness (QED) is 0.828. The van der Waals surface area contributed by atoms with Gasteiger partial charge in [-0.15, -0.1) is 0 Å². The molecule has 0 amide bonds. The van der Waals surface area contributed by atoms with Gasteiger partial charge in [-0.1, -0.05) is 0 Å². The van der Waals surface area contributed by atoms with Crippen LogP contribution < -0.4 is 0 Å². The number of hydrogen-bond donors (Lipinski definition) is 0. The number of aryl methyl sites for hydroxylation is 1. The first kappa shape index (κ1) is 14.3. The molecule has 0 aromatic carbocycles. The van der Waals surface area contributed by atoms with Crippen LogP contribution >= 0.6 is 15.9 Å². The SMILES string of the molecule is Cn1nc(C(F)(F)F)c(S(C)=O)c1-n1cc(Br)cn1. The summed E-state index contributed by atoms with van der Waals surface area (Å²) in [6, 6.07) is 0. The van der Waals surface area contributed by atoms with Gasteiger partial charge in [0.1, 0.15) is 4.90 Å². The largest absolute Gasteiger partial charge is 0.436 e. The zero-order valence-electron chi connectivity index (χ0n) is 9.77. The molecule has 0 fully saturated rings. The van der Waals surface area contributed by atoms with Crippen LogP contribution in [0.3, 0.4) is 0 Å². The van der Waals surface area contributed by atoms with Crippen molar-refractivity contribution in [1.29, 1.82) is 0 Å². The minimum absolute atomic E-state index is 0.0267. The lowest BCUT2D eigenvalue weighted by atomic mass is 10.4. The molecule has 1 atom stereocenters. The van der Waals surface area contributed by atoms with Gasteiger partial charge in [0.2, 0.25) is 0 Å². The Bertz CT molecular complexity index is 648. The Morgan fingerprint density at radius 3 is 2.47 bits per heavy atom. The van der Waals surface area contributed by atoms with Crippen LogP contribution in [0.5, 0.6) is 0 Å². The molecule has 0 spiro atoms. The van der Waals surface area contributed by atoms with Crippen LogP contribution in [0.4, 0.5) is 13.2 Å². The predicted octanol–water partition coefficient (Wildman–Crippen LogP) is 2.12. The van der Waals surface area contributed by atoms with Crippen LogP contribution in [-0.2, 0) is 24.0 Å². The molecule has 0 bridgehead atoms. The summed E-state index contributed by atoms with van der Waals surface area (Å²) >= 11 is 3.15. The van der Waals surface area contributed by atoms with Crippen molar-refractivity contribution in [3.8, 4) is 5.82 Å². The molecule has 0 aliphatic rings. The van der Waals surface area contributed by atoms with Crippen molar-refractivity contribution in [2.75, 3.05) is 6.26 Å². The number of rotatable bonds is 2. The smallest absolute Gasteiger partial charge is 0.254 e. The molecule has 0 N–H and O–H groups in total. The second-order valence-electron chi connectivity index (χ2n) is 3.68. The van der Waals surface area contributed by atoms with Crippen molar-refractivity contribution < 1.29 is 17.4 Å². The molecule has 2 aromatic rings. The second-order valence-corrected chi connectivity index (χ2v) is 5.91. The highest BCUT2D eigenvalue weighted by atomic mass is 79.9. The summed E-state index contributed by atoms with van der Waals surface area (Å²) in [5.74, 6) is 0.0267. The molecule has 0 saturated carbocycles. The van der Waals surface area contributed by atoms with Crippen molar-refractivity contribution in [1.82, 2.24) is 19.6 Å². The molecular weight excluding hydrogens is 349 g/mol. The maximum Gasteiger partial charge on any atom is 0.436 e. The highest BCUT2D eigenvalue weighted by Gasteiger charge is 2.40. The standard InChI is InChI=1S/C9H8BrF3N4OS/c1-16-8(17-4-5(10)3-14-17)6(19(2)18)7(15-16)9(11,12)13/h3-4H,1-2H3. The summed E-state index contributed by atoms with van der Waals surface area (Å²) in [6.45, 7) is 0. The Morgan fingerprint density at radius 1 is 1.42 bits per heavy atom. The molecule has 10 heteroatoms. The molecule has 2 aromatic heterocycles. The molecule has 0 saturated heterocycles. The number of halogens is 4. The topological polar surface area (TPSA) is 52.7 Å². The molecule has 5 nitrogen and oxygen atoms in total. The fourth-order valence-corrected chi connectivity index (χ4v) is 2.81. The zero-order valence-corrected chi connectivity index (χ0v) is 12.2. The van der Waals surface area contributed by atoms with Gasteiger partial charge in [0.05, 0.1) is 21.5 Å². The van der Waals surface area contributed by atoms with E-state index in [-0.39, 0.29) is 10.7 Å². The van der Waals surface area contributed by atoms with Gasteiger partial charge in [-0.3, -0.25) is 4.21 Å². The predicted molar refractivity (Wildman–Crippen MR) is 65.4 cm³/mol. The Kier molecular flexibility index (Phi) is 3.56. The third kappa shape index (κ3) is 2.59. The zero-order chi connectivity index (χ0) is 14.4. The van der Waals surface area contributed by atoms with Crippen LogP contribution in [0, 0.1) is 0 Å². The minimum Gasteiger partial charge on any atom is -0.254 e. The highest BCUT2D eigenvalue weighted by molar-refractivity contribution is 9.10. The highest BCUT2D eigenvalue weighted by Crippen LogP contribution is 2.35. The van der Waals surface area contributed by atoms with Crippen LogP contribution in [0.15, 0.2) is 21.8 Å². The fourth-order valence-electron chi connectivity index (χ4n) is 1.61. The first-order valence-corrected chi connectivity index (χ1v) is 7.25. The van der Waals surface area contributed by atoms with Crippen molar-refractivity contribution >= 4 is 26.7 Å². The van der Waals surface area contributed by atoms with Crippen molar-refractivity contribution in [3.63, 3.8) is 0 Å². The summed E-state index contributed by atoms with van der Waals surface area (Å²) in [6.07, 6.45) is -0.605. The molecule has 1 unspecified atom stereocenters. The molecule has 2 heterocycles. The third-order valence-corrected chi connectivity index (χ3v) is 3.66. The van der Waals surface area contributed by atoms with E-state index in [1.807, 2.05) is 0 Å². The lowest BCUT2D eigenvalue weighted by Crippen LogP contribution is -2.10. The van der Waals surface area contributed by atoms with E-state index in [4.69, 9.17) is 0 Å².